The van der Waals surface area contributed by atoms with Gasteiger partial charge in [-0.3, -0.25) is 0 Å². The van der Waals surface area contributed by atoms with E-state index < -0.39 is 0 Å². The summed E-state index contributed by atoms with van der Waals surface area (Å²) in [5.41, 5.74) is 1.29. The van der Waals surface area contributed by atoms with Crippen molar-refractivity contribution in [2.45, 2.75) is 46.1 Å². The molecule has 0 saturated heterocycles. The van der Waals surface area contributed by atoms with Gasteiger partial charge in [0, 0.05) is 19.2 Å². The molecule has 3 heteroatoms. The molecule has 0 spiro atoms. The van der Waals surface area contributed by atoms with Crippen LogP contribution in [0.3, 0.4) is 0 Å². The van der Waals surface area contributed by atoms with E-state index in [2.05, 4.69) is 26.1 Å². The quantitative estimate of drug-likeness (QED) is 0.758. The van der Waals surface area contributed by atoms with Gasteiger partial charge in [0.05, 0.1) is 0 Å². The molecule has 108 valence electrons. The van der Waals surface area contributed by atoms with Crippen LogP contribution in [0.15, 0.2) is 24.3 Å². The third kappa shape index (κ3) is 6.69. The molecule has 0 radical (unpaired) electrons. The van der Waals surface area contributed by atoms with Crippen LogP contribution < -0.4 is 5.32 Å². The topological polar surface area (TPSA) is 32.3 Å². The van der Waals surface area contributed by atoms with E-state index in [4.69, 9.17) is 5.11 Å². The monoisotopic (exact) mass is 267 g/mol. The van der Waals surface area contributed by atoms with Crippen molar-refractivity contribution in [2.24, 2.45) is 5.41 Å². The Morgan fingerprint density at radius 2 is 1.89 bits per heavy atom. The normalized spacial score (nSPS) is 13.5. The van der Waals surface area contributed by atoms with Gasteiger partial charge in [-0.15, -0.1) is 0 Å². The van der Waals surface area contributed by atoms with Crippen molar-refractivity contribution in [1.82, 2.24) is 5.32 Å². The van der Waals surface area contributed by atoms with E-state index in [0.717, 1.165) is 25.8 Å². The molecule has 2 nitrogen and oxygen atoms in total. The van der Waals surface area contributed by atoms with Crippen LogP contribution in [0, 0.1) is 11.2 Å². The molecule has 0 bridgehead atoms. The summed E-state index contributed by atoms with van der Waals surface area (Å²) in [6.45, 7) is 7.61. The number of hydrogen-bond donors (Lipinski definition) is 2. The highest BCUT2D eigenvalue weighted by molar-refractivity contribution is 5.16. The number of aliphatic hydroxyl groups is 1. The second-order valence-corrected chi connectivity index (χ2v) is 6.08. The van der Waals surface area contributed by atoms with Crippen molar-refractivity contribution >= 4 is 0 Å². The van der Waals surface area contributed by atoms with Crippen LogP contribution >= 0.6 is 0 Å². The lowest BCUT2D eigenvalue weighted by molar-refractivity contribution is 0.203. The van der Waals surface area contributed by atoms with Crippen molar-refractivity contribution in [1.29, 1.82) is 0 Å². The molecule has 0 aliphatic rings. The van der Waals surface area contributed by atoms with Gasteiger partial charge in [-0.05, 0) is 49.3 Å². The molecule has 0 aliphatic heterocycles. The maximum atomic E-state index is 12.8. The standard InChI is InChI=1S/C16H26FNO/c1-13(18-12-16(2,3)10-11-19)4-5-14-6-8-15(17)9-7-14/h6-9,13,18-19H,4-5,10-12H2,1-3H3. The molecular formula is C16H26FNO. The summed E-state index contributed by atoms with van der Waals surface area (Å²) in [6, 6.07) is 7.13. The van der Waals surface area contributed by atoms with Gasteiger partial charge in [0.2, 0.25) is 0 Å². The summed E-state index contributed by atoms with van der Waals surface area (Å²) in [4.78, 5) is 0. The van der Waals surface area contributed by atoms with Crippen LogP contribution in [0.2, 0.25) is 0 Å². The first kappa shape index (κ1) is 16.1. The first-order chi connectivity index (χ1) is 8.93. The number of halogens is 1. The molecule has 1 unspecified atom stereocenters. The van der Waals surface area contributed by atoms with Gasteiger partial charge in [0.15, 0.2) is 0 Å². The lowest BCUT2D eigenvalue weighted by Crippen LogP contribution is -2.36. The van der Waals surface area contributed by atoms with Crippen LogP contribution in [0.25, 0.3) is 0 Å². The fourth-order valence-electron chi connectivity index (χ4n) is 1.98. The fourth-order valence-corrected chi connectivity index (χ4v) is 1.98. The molecule has 1 aromatic carbocycles. The number of aryl methyl sites for hydroxylation is 1. The molecule has 1 atom stereocenters. The van der Waals surface area contributed by atoms with Crippen LogP contribution in [0.5, 0.6) is 0 Å². The van der Waals surface area contributed by atoms with E-state index >= 15 is 0 Å². The molecule has 1 aromatic rings. The van der Waals surface area contributed by atoms with Crippen LogP contribution in [0.1, 0.15) is 39.2 Å². The van der Waals surface area contributed by atoms with Crippen LogP contribution in [-0.4, -0.2) is 24.3 Å². The number of hydrogen-bond acceptors (Lipinski definition) is 2. The zero-order valence-corrected chi connectivity index (χ0v) is 12.2. The molecule has 0 fully saturated rings. The van der Waals surface area contributed by atoms with Crippen molar-refractivity contribution in [2.75, 3.05) is 13.2 Å². The van der Waals surface area contributed by atoms with Gasteiger partial charge in [0.25, 0.3) is 0 Å². The molecule has 0 aliphatic carbocycles. The summed E-state index contributed by atoms with van der Waals surface area (Å²) < 4.78 is 12.8. The van der Waals surface area contributed by atoms with E-state index in [0.29, 0.717) is 6.04 Å². The molecule has 0 amide bonds. The summed E-state index contributed by atoms with van der Waals surface area (Å²) in [5.74, 6) is -0.180. The lowest BCUT2D eigenvalue weighted by Gasteiger charge is -2.26. The predicted octanol–water partition coefficient (Wildman–Crippen LogP) is 3.15. The second-order valence-electron chi connectivity index (χ2n) is 6.08. The van der Waals surface area contributed by atoms with E-state index in [-0.39, 0.29) is 17.8 Å². The molecule has 1 rings (SSSR count). The van der Waals surface area contributed by atoms with Gasteiger partial charge >= 0.3 is 0 Å². The zero-order valence-electron chi connectivity index (χ0n) is 12.2. The summed E-state index contributed by atoms with van der Waals surface area (Å²) in [5, 5.41) is 12.5. The Bertz CT molecular complexity index is 362. The summed E-state index contributed by atoms with van der Waals surface area (Å²) in [6.07, 6.45) is 2.79. The van der Waals surface area contributed by atoms with Crippen molar-refractivity contribution < 1.29 is 9.50 Å². The minimum Gasteiger partial charge on any atom is -0.396 e. The second kappa shape index (κ2) is 7.61. The molecule has 0 saturated carbocycles. The minimum absolute atomic E-state index is 0.124. The van der Waals surface area contributed by atoms with Gasteiger partial charge in [-0.25, -0.2) is 4.39 Å². The lowest BCUT2D eigenvalue weighted by atomic mass is 9.89. The summed E-state index contributed by atoms with van der Waals surface area (Å²) >= 11 is 0. The first-order valence-corrected chi connectivity index (χ1v) is 7.02. The van der Waals surface area contributed by atoms with E-state index in [1.165, 1.54) is 17.7 Å². The number of aliphatic hydroxyl groups excluding tert-OH is 1. The fraction of sp³-hybridized carbons (Fsp3) is 0.625. The van der Waals surface area contributed by atoms with Crippen molar-refractivity contribution in [3.05, 3.63) is 35.6 Å². The highest BCUT2D eigenvalue weighted by atomic mass is 19.1. The molecule has 19 heavy (non-hydrogen) atoms. The van der Waals surface area contributed by atoms with Gasteiger partial charge in [-0.1, -0.05) is 26.0 Å². The van der Waals surface area contributed by atoms with E-state index in [1.54, 1.807) is 0 Å². The maximum absolute atomic E-state index is 12.8. The van der Waals surface area contributed by atoms with Crippen LogP contribution in [0.4, 0.5) is 4.39 Å². The third-order valence-electron chi connectivity index (χ3n) is 3.50. The largest absolute Gasteiger partial charge is 0.396 e. The average molecular weight is 267 g/mol. The molecule has 0 heterocycles. The number of nitrogens with one attached hydrogen (secondary N) is 1. The highest BCUT2D eigenvalue weighted by Gasteiger charge is 2.17. The number of benzene rings is 1. The van der Waals surface area contributed by atoms with Gasteiger partial charge in [0.1, 0.15) is 5.82 Å². The Balaban J connectivity index is 2.28. The molecule has 0 aromatic heterocycles. The van der Waals surface area contributed by atoms with Gasteiger partial charge in [-0.2, -0.15) is 0 Å². The Morgan fingerprint density at radius 3 is 2.47 bits per heavy atom. The third-order valence-corrected chi connectivity index (χ3v) is 3.50. The Kier molecular flexibility index (Phi) is 6.46. The molecule has 2 N–H and O–H groups in total. The van der Waals surface area contributed by atoms with Crippen molar-refractivity contribution in [3.63, 3.8) is 0 Å². The SMILES string of the molecule is CC(CCc1ccc(F)cc1)NCC(C)(C)CCO. The summed E-state index contributed by atoms with van der Waals surface area (Å²) in [7, 11) is 0. The van der Waals surface area contributed by atoms with Crippen molar-refractivity contribution in [3.8, 4) is 0 Å². The Hall–Kier alpha value is -0.930. The Morgan fingerprint density at radius 1 is 1.26 bits per heavy atom. The minimum atomic E-state index is -0.180. The average Bonchev–Trinajstić information content (AvgIpc) is 2.36. The molecular weight excluding hydrogens is 241 g/mol. The first-order valence-electron chi connectivity index (χ1n) is 7.02. The predicted molar refractivity (Wildman–Crippen MR) is 77.7 cm³/mol. The van der Waals surface area contributed by atoms with E-state index in [1.807, 2.05) is 12.1 Å². The maximum Gasteiger partial charge on any atom is 0.123 e. The van der Waals surface area contributed by atoms with Gasteiger partial charge < -0.3 is 10.4 Å². The zero-order chi connectivity index (χ0) is 14.3. The van der Waals surface area contributed by atoms with Crippen LogP contribution in [-0.2, 0) is 6.42 Å². The smallest absolute Gasteiger partial charge is 0.123 e. The number of rotatable bonds is 8. The highest BCUT2D eigenvalue weighted by Crippen LogP contribution is 2.18. The van der Waals surface area contributed by atoms with E-state index in [9.17, 15) is 4.39 Å². The Labute approximate surface area is 116 Å².